The maximum Gasteiger partial charge on any atom is 0.232 e. The highest BCUT2D eigenvalue weighted by Crippen LogP contribution is 2.23. The molecule has 4 nitrogen and oxygen atoms in total. The summed E-state index contributed by atoms with van der Waals surface area (Å²) < 4.78 is 15.4. The van der Waals surface area contributed by atoms with E-state index in [1.54, 1.807) is 0 Å². The van der Waals surface area contributed by atoms with E-state index >= 15 is 0 Å². The Kier molecular flexibility index (Phi) is 2.85. The Labute approximate surface area is 69.1 Å². The fourth-order valence-electron chi connectivity index (χ4n) is 0.523. The predicted molar refractivity (Wildman–Crippen MR) is 43.1 cm³/mol. The summed E-state index contributed by atoms with van der Waals surface area (Å²) in [6.07, 6.45) is 2.72. The van der Waals surface area contributed by atoms with Crippen molar-refractivity contribution in [3.05, 3.63) is 12.4 Å². The van der Waals surface area contributed by atoms with Crippen molar-refractivity contribution in [1.29, 1.82) is 0 Å². The van der Waals surface area contributed by atoms with E-state index in [4.69, 9.17) is 16.0 Å². The van der Waals surface area contributed by atoms with Crippen molar-refractivity contribution < 1.29 is 9.30 Å². The molecule has 0 aliphatic rings. The Balaban J connectivity index is 2.91. The third-order valence-corrected chi connectivity index (χ3v) is 2.28. The van der Waals surface area contributed by atoms with Gasteiger partial charge in [-0.25, -0.2) is 9.97 Å². The second-order valence-corrected chi connectivity index (χ2v) is 3.81. The molecular formula is C5H6ClN2O2P. The van der Waals surface area contributed by atoms with Gasteiger partial charge in [0.05, 0.1) is 19.5 Å². The molecule has 0 saturated heterocycles. The summed E-state index contributed by atoms with van der Waals surface area (Å²) in [5.41, 5.74) is 0.303. The second-order valence-electron chi connectivity index (χ2n) is 1.72. The lowest BCUT2D eigenvalue weighted by molar-refractivity contribution is 0.396. The van der Waals surface area contributed by atoms with Crippen LogP contribution in [0, 0.1) is 0 Å². The Bertz CT molecular complexity index is 264. The van der Waals surface area contributed by atoms with E-state index in [2.05, 4.69) is 9.97 Å². The van der Waals surface area contributed by atoms with Crippen LogP contribution in [0.2, 0.25) is 0 Å². The monoisotopic (exact) mass is 192 g/mol. The van der Waals surface area contributed by atoms with Crippen molar-refractivity contribution in [3.8, 4) is 5.88 Å². The number of hydrogen-bond donors (Lipinski definition) is 0. The molecule has 0 aromatic carbocycles. The van der Waals surface area contributed by atoms with Crippen LogP contribution in [0.4, 0.5) is 0 Å². The molecule has 0 radical (unpaired) electrons. The van der Waals surface area contributed by atoms with Gasteiger partial charge in [0.1, 0.15) is 5.44 Å². The Hall–Kier alpha value is -0.600. The van der Waals surface area contributed by atoms with Gasteiger partial charge in [0.15, 0.2) is 0 Å². The Morgan fingerprint density at radius 1 is 1.55 bits per heavy atom. The maximum absolute atomic E-state index is 10.7. The summed E-state index contributed by atoms with van der Waals surface area (Å²) in [4.78, 5) is 7.54. The standard InChI is InChI=1S/C5H6ClN2O2P/c1-10-4-2-8-5(3-7-4)11(6)9/h2-3,11H,1H3. The lowest BCUT2D eigenvalue weighted by Gasteiger charge is -1.96. The minimum Gasteiger partial charge on any atom is -0.480 e. The van der Waals surface area contributed by atoms with Gasteiger partial charge >= 0.3 is 0 Å². The van der Waals surface area contributed by atoms with Gasteiger partial charge in [-0.1, -0.05) is 11.2 Å². The van der Waals surface area contributed by atoms with Crippen LogP contribution in [0.5, 0.6) is 5.88 Å². The summed E-state index contributed by atoms with van der Waals surface area (Å²) in [5.74, 6) is 0.383. The van der Waals surface area contributed by atoms with E-state index in [-0.39, 0.29) is 0 Å². The van der Waals surface area contributed by atoms with Gasteiger partial charge < -0.3 is 9.30 Å². The number of hydrogen-bond acceptors (Lipinski definition) is 4. The zero-order valence-corrected chi connectivity index (χ0v) is 7.50. The minimum absolute atomic E-state index is 0.303. The van der Waals surface area contributed by atoms with Crippen molar-refractivity contribution in [3.63, 3.8) is 0 Å². The lowest BCUT2D eigenvalue weighted by Crippen LogP contribution is -2.02. The smallest absolute Gasteiger partial charge is 0.232 e. The fourth-order valence-corrected chi connectivity index (χ4v) is 1.15. The molecule has 1 aromatic rings. The van der Waals surface area contributed by atoms with Crippen molar-refractivity contribution in [2.75, 3.05) is 7.11 Å². The van der Waals surface area contributed by atoms with Gasteiger partial charge in [-0.2, -0.15) is 0 Å². The molecule has 0 aliphatic heterocycles. The van der Waals surface area contributed by atoms with Crippen LogP contribution in [0.15, 0.2) is 12.4 Å². The van der Waals surface area contributed by atoms with Crippen molar-refractivity contribution >= 4 is 23.8 Å². The first-order valence-corrected chi connectivity index (χ1v) is 5.22. The van der Waals surface area contributed by atoms with Crippen LogP contribution < -0.4 is 10.2 Å². The highest BCUT2D eigenvalue weighted by atomic mass is 35.7. The third-order valence-electron chi connectivity index (χ3n) is 1.04. The van der Waals surface area contributed by atoms with Crippen molar-refractivity contribution in [1.82, 2.24) is 9.97 Å². The summed E-state index contributed by atoms with van der Waals surface area (Å²) in [7, 11) is -0.764. The molecule has 1 rings (SSSR count). The average Bonchev–Trinajstić information content (AvgIpc) is 2.05. The highest BCUT2D eigenvalue weighted by molar-refractivity contribution is 7.79. The van der Waals surface area contributed by atoms with Crippen molar-refractivity contribution in [2.45, 2.75) is 0 Å². The number of halogens is 1. The number of methoxy groups -OCH3 is 1. The summed E-state index contributed by atoms with van der Waals surface area (Å²) in [6.45, 7) is 0. The molecular weight excluding hydrogens is 186 g/mol. The SMILES string of the molecule is COc1cnc([PH](=O)Cl)cn1. The van der Waals surface area contributed by atoms with E-state index in [1.807, 2.05) is 0 Å². The molecule has 0 saturated carbocycles. The summed E-state index contributed by atoms with van der Waals surface area (Å²) >= 11 is 5.30. The summed E-state index contributed by atoms with van der Waals surface area (Å²) in [6, 6.07) is 0. The highest BCUT2D eigenvalue weighted by Gasteiger charge is 2.00. The number of nitrogens with zero attached hydrogens (tertiary/aromatic N) is 2. The van der Waals surface area contributed by atoms with Gasteiger partial charge in [0.2, 0.25) is 13.0 Å². The summed E-state index contributed by atoms with van der Waals surface area (Å²) in [5, 5.41) is 0. The number of aromatic nitrogens is 2. The topological polar surface area (TPSA) is 52.1 Å². The van der Waals surface area contributed by atoms with Gasteiger partial charge in [0.25, 0.3) is 0 Å². The molecule has 6 heteroatoms. The third kappa shape index (κ3) is 2.17. The molecule has 0 spiro atoms. The van der Waals surface area contributed by atoms with Gasteiger partial charge in [0, 0.05) is 0 Å². The van der Waals surface area contributed by atoms with Crippen LogP contribution in [0.1, 0.15) is 0 Å². The second kappa shape index (κ2) is 3.69. The molecule has 1 heterocycles. The molecule has 60 valence electrons. The lowest BCUT2D eigenvalue weighted by atomic mass is 10.7. The van der Waals surface area contributed by atoms with E-state index in [0.29, 0.717) is 11.3 Å². The molecule has 0 aliphatic carbocycles. The first-order chi connectivity index (χ1) is 5.24. The van der Waals surface area contributed by atoms with Gasteiger partial charge in [-0.05, 0) is 0 Å². The molecule has 0 fully saturated rings. The van der Waals surface area contributed by atoms with Gasteiger partial charge in [-0.3, -0.25) is 0 Å². The molecule has 1 unspecified atom stereocenters. The number of ether oxygens (including phenoxy) is 1. The average molecular weight is 193 g/mol. The zero-order chi connectivity index (χ0) is 8.27. The zero-order valence-electron chi connectivity index (χ0n) is 5.74. The van der Waals surface area contributed by atoms with E-state index in [9.17, 15) is 4.57 Å². The molecule has 0 N–H and O–H groups in total. The Morgan fingerprint density at radius 2 is 2.27 bits per heavy atom. The molecule has 1 aromatic heterocycles. The van der Waals surface area contributed by atoms with Crippen LogP contribution in [-0.2, 0) is 4.57 Å². The largest absolute Gasteiger partial charge is 0.480 e. The molecule has 1 atom stereocenters. The van der Waals surface area contributed by atoms with E-state index < -0.39 is 7.15 Å². The van der Waals surface area contributed by atoms with Gasteiger partial charge in [-0.15, -0.1) is 0 Å². The predicted octanol–water partition coefficient (Wildman–Crippen LogP) is 0.824. The normalized spacial score (nSPS) is 12.5. The Morgan fingerprint density at radius 3 is 2.64 bits per heavy atom. The molecule has 0 amide bonds. The minimum atomic E-state index is -2.24. The first kappa shape index (κ1) is 8.50. The number of rotatable bonds is 2. The van der Waals surface area contributed by atoms with Crippen molar-refractivity contribution in [2.24, 2.45) is 0 Å². The van der Waals surface area contributed by atoms with E-state index in [0.717, 1.165) is 0 Å². The molecule has 11 heavy (non-hydrogen) atoms. The fraction of sp³-hybridized carbons (Fsp3) is 0.200. The quantitative estimate of drug-likeness (QED) is 0.651. The van der Waals surface area contributed by atoms with E-state index in [1.165, 1.54) is 19.5 Å². The van der Waals surface area contributed by atoms with Crippen LogP contribution in [0.25, 0.3) is 0 Å². The molecule has 0 bridgehead atoms. The van der Waals surface area contributed by atoms with Crippen LogP contribution in [0.3, 0.4) is 0 Å². The van der Waals surface area contributed by atoms with Crippen LogP contribution in [-0.4, -0.2) is 17.1 Å². The first-order valence-electron chi connectivity index (χ1n) is 2.80. The maximum atomic E-state index is 10.7. The van der Waals surface area contributed by atoms with Crippen LogP contribution >= 0.6 is 18.4 Å².